The number of nitrogens with one attached hydrogen (secondary N) is 1. The van der Waals surface area contributed by atoms with Crippen LogP contribution in [0.2, 0.25) is 0 Å². The third kappa shape index (κ3) is 8.35. The molecule has 140 valence electrons. The lowest BCUT2D eigenvalue weighted by Crippen LogP contribution is -2.43. The van der Waals surface area contributed by atoms with Gasteiger partial charge >= 0.3 is 5.97 Å². The molecule has 7 nitrogen and oxygen atoms in total. The van der Waals surface area contributed by atoms with Gasteiger partial charge in [-0.1, -0.05) is 11.8 Å². The number of thiazole rings is 1. The van der Waals surface area contributed by atoms with Crippen molar-refractivity contribution in [2.45, 2.75) is 44.5 Å². The molecule has 0 aromatic carbocycles. The zero-order valence-electron chi connectivity index (χ0n) is 15.0. The molecule has 9 heteroatoms. The van der Waals surface area contributed by atoms with Crippen LogP contribution in [0.1, 0.15) is 33.4 Å². The standard InChI is InChI=1S/C16H25N3O4S2/c1-5-19(8-13(20)17-11(3)4)14(21)10-25-16-18-12(9-24-16)7-15(22)23-6-2/h9,11H,5-8,10H2,1-4H3,(H,17,20). The fraction of sp³-hybridized carbons (Fsp3) is 0.625. The Kier molecular flexibility index (Phi) is 9.51. The van der Waals surface area contributed by atoms with Crippen molar-refractivity contribution < 1.29 is 19.1 Å². The van der Waals surface area contributed by atoms with E-state index >= 15 is 0 Å². The van der Waals surface area contributed by atoms with Gasteiger partial charge in [-0.3, -0.25) is 14.4 Å². The van der Waals surface area contributed by atoms with Crippen molar-refractivity contribution in [3.8, 4) is 0 Å². The zero-order chi connectivity index (χ0) is 18.8. The Bertz CT molecular complexity index is 590. The topological polar surface area (TPSA) is 88.6 Å². The number of nitrogens with zero attached hydrogens (tertiary/aromatic N) is 2. The molecule has 0 aliphatic heterocycles. The van der Waals surface area contributed by atoms with Crippen LogP contribution in [0.3, 0.4) is 0 Å². The minimum Gasteiger partial charge on any atom is -0.466 e. The number of carbonyl (C=O) groups excluding carboxylic acids is 3. The predicted molar refractivity (Wildman–Crippen MR) is 98.7 cm³/mol. The summed E-state index contributed by atoms with van der Waals surface area (Å²) in [5.74, 6) is -0.390. The number of thioether (sulfide) groups is 1. The predicted octanol–water partition coefficient (Wildman–Crippen LogP) is 1.71. The molecule has 0 unspecified atom stereocenters. The minimum absolute atomic E-state index is 0.0452. The number of rotatable bonds is 10. The first-order valence-corrected chi connectivity index (χ1v) is 10.0. The van der Waals surface area contributed by atoms with Crippen LogP contribution in [0.25, 0.3) is 0 Å². The summed E-state index contributed by atoms with van der Waals surface area (Å²) in [6, 6.07) is 0.0452. The number of hydrogen-bond acceptors (Lipinski definition) is 7. The Morgan fingerprint density at radius 1 is 1.36 bits per heavy atom. The first-order chi connectivity index (χ1) is 11.8. The maximum absolute atomic E-state index is 12.3. The molecule has 0 radical (unpaired) electrons. The van der Waals surface area contributed by atoms with Gasteiger partial charge in [0.05, 0.1) is 31.0 Å². The SMILES string of the molecule is CCOC(=O)Cc1csc(SCC(=O)N(CC)CC(=O)NC(C)C)n1. The molecule has 0 spiro atoms. The van der Waals surface area contributed by atoms with Gasteiger partial charge in [0, 0.05) is 18.0 Å². The first-order valence-electron chi connectivity index (χ1n) is 8.15. The Labute approximate surface area is 156 Å². The van der Waals surface area contributed by atoms with Gasteiger partial charge in [-0.25, -0.2) is 4.98 Å². The van der Waals surface area contributed by atoms with Gasteiger partial charge in [0.1, 0.15) is 0 Å². The number of carbonyl (C=O) groups is 3. The second-order valence-corrected chi connectivity index (χ2v) is 7.59. The highest BCUT2D eigenvalue weighted by molar-refractivity contribution is 8.01. The van der Waals surface area contributed by atoms with Gasteiger partial charge in [-0.15, -0.1) is 11.3 Å². The molecule has 1 aromatic heterocycles. The van der Waals surface area contributed by atoms with Gasteiger partial charge in [0.15, 0.2) is 4.34 Å². The Morgan fingerprint density at radius 2 is 2.08 bits per heavy atom. The van der Waals surface area contributed by atoms with Gasteiger partial charge in [0.25, 0.3) is 0 Å². The third-order valence-electron chi connectivity index (χ3n) is 3.00. The van der Waals surface area contributed by atoms with Crippen molar-refractivity contribution in [3.05, 3.63) is 11.1 Å². The number of aromatic nitrogens is 1. The van der Waals surface area contributed by atoms with Crippen molar-refractivity contribution in [2.24, 2.45) is 0 Å². The van der Waals surface area contributed by atoms with E-state index in [0.29, 0.717) is 18.8 Å². The fourth-order valence-electron chi connectivity index (χ4n) is 1.93. The normalized spacial score (nSPS) is 10.6. The summed E-state index contributed by atoms with van der Waals surface area (Å²) in [7, 11) is 0. The van der Waals surface area contributed by atoms with Crippen LogP contribution in [0.5, 0.6) is 0 Å². The molecule has 1 aromatic rings. The molecule has 0 saturated carbocycles. The van der Waals surface area contributed by atoms with Gasteiger partial charge in [-0.05, 0) is 27.7 Å². The van der Waals surface area contributed by atoms with E-state index in [1.807, 2.05) is 20.8 Å². The number of likely N-dealkylation sites (N-methyl/N-ethyl adjacent to an activating group) is 1. The maximum Gasteiger partial charge on any atom is 0.311 e. The summed E-state index contributed by atoms with van der Waals surface area (Å²) in [6.45, 7) is 8.22. The van der Waals surface area contributed by atoms with Gasteiger partial charge in [0.2, 0.25) is 11.8 Å². The minimum atomic E-state index is -0.311. The van der Waals surface area contributed by atoms with Crippen LogP contribution in [0.15, 0.2) is 9.72 Å². The van der Waals surface area contributed by atoms with Crippen LogP contribution in [-0.4, -0.2) is 59.2 Å². The second-order valence-electron chi connectivity index (χ2n) is 5.51. The fourth-order valence-corrected chi connectivity index (χ4v) is 3.68. The van der Waals surface area contributed by atoms with Gasteiger partial charge in [-0.2, -0.15) is 0 Å². The molecule has 0 aliphatic carbocycles. The van der Waals surface area contributed by atoms with E-state index in [-0.39, 0.29) is 42.5 Å². The Morgan fingerprint density at radius 3 is 2.68 bits per heavy atom. The third-order valence-corrected chi connectivity index (χ3v) is 5.05. The molecule has 0 bridgehead atoms. The largest absolute Gasteiger partial charge is 0.466 e. The molecular weight excluding hydrogens is 362 g/mol. The second kappa shape index (κ2) is 11.1. The monoisotopic (exact) mass is 387 g/mol. The number of ether oxygens (including phenoxy) is 1. The van der Waals surface area contributed by atoms with E-state index in [9.17, 15) is 14.4 Å². The van der Waals surface area contributed by atoms with Crippen molar-refractivity contribution >= 4 is 40.9 Å². The van der Waals surface area contributed by atoms with E-state index in [0.717, 1.165) is 4.34 Å². The van der Waals surface area contributed by atoms with E-state index in [2.05, 4.69) is 10.3 Å². The van der Waals surface area contributed by atoms with E-state index in [4.69, 9.17) is 4.74 Å². The molecular formula is C16H25N3O4S2. The van der Waals surface area contributed by atoms with Crippen LogP contribution in [0, 0.1) is 0 Å². The van der Waals surface area contributed by atoms with E-state index in [1.54, 1.807) is 12.3 Å². The van der Waals surface area contributed by atoms with E-state index < -0.39 is 0 Å². The molecule has 1 N–H and O–H groups in total. The quantitative estimate of drug-likeness (QED) is 0.486. The van der Waals surface area contributed by atoms with E-state index in [1.165, 1.54) is 28.0 Å². The lowest BCUT2D eigenvalue weighted by molar-refractivity contribution is -0.142. The van der Waals surface area contributed by atoms with Crippen LogP contribution in [-0.2, 0) is 25.5 Å². The van der Waals surface area contributed by atoms with Crippen molar-refractivity contribution in [1.29, 1.82) is 0 Å². The van der Waals surface area contributed by atoms with Gasteiger partial charge < -0.3 is 15.0 Å². The lowest BCUT2D eigenvalue weighted by atomic mass is 10.3. The summed E-state index contributed by atoms with van der Waals surface area (Å²) in [4.78, 5) is 41.3. The average Bonchev–Trinajstić information content (AvgIpc) is 2.97. The highest BCUT2D eigenvalue weighted by Gasteiger charge is 2.17. The van der Waals surface area contributed by atoms with Crippen LogP contribution >= 0.6 is 23.1 Å². The molecule has 0 saturated heterocycles. The Hall–Kier alpha value is -1.61. The van der Waals surface area contributed by atoms with Crippen molar-refractivity contribution in [3.63, 3.8) is 0 Å². The van der Waals surface area contributed by atoms with Crippen LogP contribution in [0.4, 0.5) is 0 Å². The molecule has 0 fully saturated rings. The Balaban J connectivity index is 2.47. The summed E-state index contributed by atoms with van der Waals surface area (Å²) < 4.78 is 5.60. The maximum atomic E-state index is 12.3. The van der Waals surface area contributed by atoms with Crippen molar-refractivity contribution in [2.75, 3.05) is 25.4 Å². The zero-order valence-corrected chi connectivity index (χ0v) is 16.7. The molecule has 1 heterocycles. The first kappa shape index (κ1) is 21.4. The highest BCUT2D eigenvalue weighted by atomic mass is 32.2. The molecule has 1 rings (SSSR count). The number of hydrogen-bond donors (Lipinski definition) is 1. The number of esters is 1. The lowest BCUT2D eigenvalue weighted by Gasteiger charge is -2.20. The average molecular weight is 388 g/mol. The summed E-state index contributed by atoms with van der Waals surface area (Å²) in [5.41, 5.74) is 0.641. The van der Waals surface area contributed by atoms with Crippen LogP contribution < -0.4 is 5.32 Å². The smallest absolute Gasteiger partial charge is 0.311 e. The summed E-state index contributed by atoms with van der Waals surface area (Å²) in [5, 5.41) is 4.56. The summed E-state index contributed by atoms with van der Waals surface area (Å²) >= 11 is 2.69. The molecule has 25 heavy (non-hydrogen) atoms. The molecule has 0 atom stereocenters. The highest BCUT2D eigenvalue weighted by Crippen LogP contribution is 2.23. The molecule has 2 amide bonds. The number of amides is 2. The molecule has 0 aliphatic rings. The van der Waals surface area contributed by atoms with Crippen molar-refractivity contribution in [1.82, 2.24) is 15.2 Å². The summed E-state index contributed by atoms with van der Waals surface area (Å²) in [6.07, 6.45) is 0.134.